The molecule has 2 unspecified atom stereocenters. The molecular weight excluding hydrogens is 336 g/mol. The number of ether oxygens (including phenoxy) is 1. The molecule has 6 heteroatoms. The predicted molar refractivity (Wildman–Crippen MR) is 102 cm³/mol. The zero-order valence-corrected chi connectivity index (χ0v) is 17.1. The van der Waals surface area contributed by atoms with Gasteiger partial charge in [0.25, 0.3) is 0 Å². The van der Waals surface area contributed by atoms with Gasteiger partial charge in [-0.25, -0.2) is 0 Å². The van der Waals surface area contributed by atoms with E-state index in [0.717, 1.165) is 32.4 Å². The van der Waals surface area contributed by atoms with Gasteiger partial charge < -0.3 is 14.5 Å². The van der Waals surface area contributed by atoms with Gasteiger partial charge in [0.05, 0.1) is 12.0 Å². The number of hydrogen-bond acceptors (Lipinski definition) is 4. The number of carbonyl (C=O) groups excluding carboxylic acids is 2. The Morgan fingerprint density at radius 1 is 1.28 bits per heavy atom. The SMILES string of the molecule is CCCN(CC1CCCCO1)C(=O)C1CSCN1C(=O)CC(C)(C)C. The van der Waals surface area contributed by atoms with Gasteiger partial charge in [0.1, 0.15) is 6.04 Å². The monoisotopic (exact) mass is 370 g/mol. The summed E-state index contributed by atoms with van der Waals surface area (Å²) in [5, 5.41) is 0. The molecule has 25 heavy (non-hydrogen) atoms. The third-order valence-electron chi connectivity index (χ3n) is 4.67. The van der Waals surface area contributed by atoms with Crippen molar-refractivity contribution in [2.75, 3.05) is 31.3 Å². The maximum atomic E-state index is 13.2. The van der Waals surface area contributed by atoms with Crippen molar-refractivity contribution in [3.63, 3.8) is 0 Å². The van der Waals surface area contributed by atoms with Crippen LogP contribution in [0.4, 0.5) is 0 Å². The Morgan fingerprint density at radius 2 is 2.04 bits per heavy atom. The highest BCUT2D eigenvalue weighted by atomic mass is 32.2. The molecule has 2 aliphatic heterocycles. The molecule has 2 heterocycles. The predicted octanol–water partition coefficient (Wildman–Crippen LogP) is 3.13. The van der Waals surface area contributed by atoms with E-state index < -0.39 is 0 Å². The lowest BCUT2D eigenvalue weighted by Crippen LogP contribution is -2.51. The molecule has 0 bridgehead atoms. The van der Waals surface area contributed by atoms with Gasteiger partial charge in [0, 0.05) is 31.9 Å². The van der Waals surface area contributed by atoms with Gasteiger partial charge in [0.15, 0.2) is 0 Å². The summed E-state index contributed by atoms with van der Waals surface area (Å²) in [6.07, 6.45) is 4.88. The fraction of sp³-hybridized carbons (Fsp3) is 0.895. The number of carbonyl (C=O) groups is 2. The van der Waals surface area contributed by atoms with Crippen molar-refractivity contribution in [3.8, 4) is 0 Å². The molecule has 0 aromatic rings. The molecule has 0 aromatic heterocycles. The fourth-order valence-electron chi connectivity index (χ4n) is 3.42. The van der Waals surface area contributed by atoms with Crippen LogP contribution in [0.15, 0.2) is 0 Å². The van der Waals surface area contributed by atoms with E-state index in [1.165, 1.54) is 6.42 Å². The van der Waals surface area contributed by atoms with E-state index in [2.05, 4.69) is 27.7 Å². The van der Waals surface area contributed by atoms with Crippen LogP contribution < -0.4 is 0 Å². The van der Waals surface area contributed by atoms with Gasteiger partial charge in [-0.05, 0) is 31.1 Å². The van der Waals surface area contributed by atoms with Crippen LogP contribution in [-0.4, -0.2) is 65.1 Å². The van der Waals surface area contributed by atoms with Crippen LogP contribution in [0.1, 0.15) is 59.8 Å². The average Bonchev–Trinajstić information content (AvgIpc) is 3.03. The number of hydrogen-bond donors (Lipinski definition) is 0. The van der Waals surface area contributed by atoms with Crippen molar-refractivity contribution in [3.05, 3.63) is 0 Å². The standard InChI is InChI=1S/C19H34N2O3S/c1-5-9-20(12-15-8-6-7-10-24-15)18(23)16-13-25-14-21(16)17(22)11-19(2,3)4/h15-16H,5-14H2,1-4H3. The molecule has 0 radical (unpaired) electrons. The number of rotatable bonds is 6. The summed E-state index contributed by atoms with van der Waals surface area (Å²) in [4.78, 5) is 29.5. The van der Waals surface area contributed by atoms with Crippen molar-refractivity contribution in [2.24, 2.45) is 5.41 Å². The molecule has 0 saturated carbocycles. The molecule has 5 nitrogen and oxygen atoms in total. The van der Waals surface area contributed by atoms with Gasteiger partial charge in [-0.15, -0.1) is 11.8 Å². The van der Waals surface area contributed by atoms with E-state index in [0.29, 0.717) is 24.6 Å². The molecule has 0 spiro atoms. The fourth-order valence-corrected chi connectivity index (χ4v) is 4.59. The lowest BCUT2D eigenvalue weighted by Gasteiger charge is -2.34. The van der Waals surface area contributed by atoms with Gasteiger partial charge >= 0.3 is 0 Å². The number of nitrogens with zero attached hydrogens (tertiary/aromatic N) is 2. The maximum absolute atomic E-state index is 13.2. The van der Waals surface area contributed by atoms with Crippen molar-refractivity contribution >= 4 is 23.6 Å². The third-order valence-corrected chi connectivity index (χ3v) is 5.68. The Kier molecular flexibility index (Phi) is 7.62. The van der Waals surface area contributed by atoms with Gasteiger partial charge in [-0.3, -0.25) is 9.59 Å². The highest BCUT2D eigenvalue weighted by Crippen LogP contribution is 2.28. The van der Waals surface area contributed by atoms with Crippen molar-refractivity contribution in [1.82, 2.24) is 9.80 Å². The minimum absolute atomic E-state index is 0.0586. The topological polar surface area (TPSA) is 49.9 Å². The Hall–Kier alpha value is -0.750. The summed E-state index contributed by atoms with van der Waals surface area (Å²) in [5.74, 6) is 1.54. The van der Waals surface area contributed by atoms with Crippen molar-refractivity contribution < 1.29 is 14.3 Å². The molecule has 0 N–H and O–H groups in total. The van der Waals surface area contributed by atoms with Gasteiger partial charge in [-0.2, -0.15) is 0 Å². The highest BCUT2D eigenvalue weighted by Gasteiger charge is 2.38. The quantitative estimate of drug-likeness (QED) is 0.721. The Morgan fingerprint density at radius 3 is 2.64 bits per heavy atom. The summed E-state index contributed by atoms with van der Waals surface area (Å²) in [5.41, 5.74) is -0.0586. The molecule has 2 amide bonds. The maximum Gasteiger partial charge on any atom is 0.246 e. The zero-order valence-electron chi connectivity index (χ0n) is 16.3. The van der Waals surface area contributed by atoms with E-state index in [1.807, 2.05) is 4.90 Å². The smallest absolute Gasteiger partial charge is 0.246 e. The Balaban J connectivity index is 2.01. The van der Waals surface area contributed by atoms with Gasteiger partial charge in [-0.1, -0.05) is 27.7 Å². The molecule has 0 aliphatic carbocycles. The molecule has 2 fully saturated rings. The first kappa shape index (κ1) is 20.6. The second-order valence-electron chi connectivity index (χ2n) is 8.39. The van der Waals surface area contributed by atoms with Crippen LogP contribution in [0.2, 0.25) is 0 Å². The second-order valence-corrected chi connectivity index (χ2v) is 9.39. The molecule has 2 rings (SSSR count). The van der Waals surface area contributed by atoms with Crippen molar-refractivity contribution in [2.45, 2.75) is 71.9 Å². The molecule has 144 valence electrons. The van der Waals surface area contributed by atoms with Gasteiger partial charge in [0.2, 0.25) is 11.8 Å². The average molecular weight is 371 g/mol. The molecule has 2 saturated heterocycles. The lowest BCUT2D eigenvalue weighted by atomic mass is 9.91. The Bertz CT molecular complexity index is 458. The largest absolute Gasteiger partial charge is 0.376 e. The Labute approximate surface area is 156 Å². The first-order valence-corrected chi connectivity index (χ1v) is 10.7. The van der Waals surface area contributed by atoms with E-state index in [4.69, 9.17) is 4.74 Å². The summed E-state index contributed by atoms with van der Waals surface area (Å²) in [6, 6.07) is -0.310. The lowest BCUT2D eigenvalue weighted by molar-refractivity contribution is -0.145. The number of amides is 2. The third kappa shape index (κ3) is 6.17. The molecule has 0 aromatic carbocycles. The first-order valence-electron chi connectivity index (χ1n) is 9.59. The number of thioether (sulfide) groups is 1. The zero-order chi connectivity index (χ0) is 18.4. The first-order chi connectivity index (χ1) is 11.8. The summed E-state index contributed by atoms with van der Waals surface area (Å²) < 4.78 is 5.83. The highest BCUT2D eigenvalue weighted by molar-refractivity contribution is 7.99. The van der Waals surface area contributed by atoms with Crippen LogP contribution >= 0.6 is 11.8 Å². The summed E-state index contributed by atoms with van der Waals surface area (Å²) in [6.45, 7) is 10.5. The van der Waals surface area contributed by atoms with Crippen LogP contribution in [0, 0.1) is 5.41 Å². The van der Waals surface area contributed by atoms with E-state index >= 15 is 0 Å². The summed E-state index contributed by atoms with van der Waals surface area (Å²) in [7, 11) is 0. The van der Waals surface area contributed by atoms with E-state index in [9.17, 15) is 9.59 Å². The van der Waals surface area contributed by atoms with Crippen LogP contribution in [0.5, 0.6) is 0 Å². The molecular formula is C19H34N2O3S. The van der Waals surface area contributed by atoms with E-state index in [-0.39, 0.29) is 29.4 Å². The van der Waals surface area contributed by atoms with Crippen LogP contribution in [-0.2, 0) is 14.3 Å². The minimum Gasteiger partial charge on any atom is -0.376 e. The minimum atomic E-state index is -0.310. The second kappa shape index (κ2) is 9.26. The van der Waals surface area contributed by atoms with Crippen molar-refractivity contribution in [1.29, 1.82) is 0 Å². The molecule has 2 atom stereocenters. The molecule has 2 aliphatic rings. The van der Waals surface area contributed by atoms with Crippen LogP contribution in [0.3, 0.4) is 0 Å². The van der Waals surface area contributed by atoms with E-state index in [1.54, 1.807) is 16.7 Å². The van der Waals surface area contributed by atoms with Crippen LogP contribution in [0.25, 0.3) is 0 Å². The summed E-state index contributed by atoms with van der Waals surface area (Å²) >= 11 is 1.68. The normalized spacial score (nSPS) is 24.4.